The zero-order valence-electron chi connectivity index (χ0n) is 17.2. The molecule has 166 valence electrons. The molecule has 0 saturated carbocycles. The maximum absolute atomic E-state index is 12.6. The fourth-order valence-corrected chi connectivity index (χ4v) is 3.13. The van der Waals surface area contributed by atoms with Gasteiger partial charge >= 0.3 is 6.61 Å². The Kier molecular flexibility index (Phi) is 12.9. The van der Waals surface area contributed by atoms with E-state index in [0.717, 1.165) is 57.9 Å². The van der Waals surface area contributed by atoms with Crippen LogP contribution in [0.2, 0.25) is 0 Å². The number of rotatable bonds is 11. The molecule has 6 nitrogen and oxygen atoms in total. The number of hydrogen-bond acceptors (Lipinski definition) is 4. The molecule has 0 amide bonds. The molecule has 1 saturated heterocycles. The lowest BCUT2D eigenvalue weighted by molar-refractivity contribution is -0.0495. The molecule has 1 atom stereocenters. The van der Waals surface area contributed by atoms with Gasteiger partial charge in [0.2, 0.25) is 0 Å². The molecule has 2 N–H and O–H groups in total. The molecule has 29 heavy (non-hydrogen) atoms. The molecule has 1 heterocycles. The largest absolute Gasteiger partial charge is 0.433 e. The first-order chi connectivity index (χ1) is 13.6. The molecule has 1 fully saturated rings. The molecule has 0 aliphatic carbocycles. The minimum Gasteiger partial charge on any atom is -0.433 e. The van der Waals surface area contributed by atoms with Gasteiger partial charge in [0.1, 0.15) is 5.75 Å². The second kappa shape index (κ2) is 14.6. The van der Waals surface area contributed by atoms with Crippen molar-refractivity contribution in [3.05, 3.63) is 24.3 Å². The third-order valence-electron chi connectivity index (χ3n) is 4.57. The highest BCUT2D eigenvalue weighted by Crippen LogP contribution is 2.31. The quantitative estimate of drug-likeness (QED) is 0.199. The van der Waals surface area contributed by atoms with Crippen LogP contribution in [0.5, 0.6) is 5.75 Å². The van der Waals surface area contributed by atoms with E-state index in [4.69, 9.17) is 4.74 Å². The molecule has 1 aliphatic heterocycles. The van der Waals surface area contributed by atoms with Gasteiger partial charge in [-0.1, -0.05) is 25.5 Å². The van der Waals surface area contributed by atoms with Crippen LogP contribution in [0.15, 0.2) is 29.3 Å². The van der Waals surface area contributed by atoms with Gasteiger partial charge in [0.05, 0.1) is 5.69 Å². The summed E-state index contributed by atoms with van der Waals surface area (Å²) in [6, 6.07) is 7.10. The Morgan fingerprint density at radius 1 is 1.28 bits per heavy atom. The number of unbranched alkanes of at least 4 members (excludes halogenated alkanes) is 1. The van der Waals surface area contributed by atoms with Crippen LogP contribution in [0.4, 0.5) is 14.5 Å². The highest BCUT2D eigenvalue weighted by atomic mass is 127. The molecular formula is C20H33F2IN4O2. The molecule has 0 aromatic heterocycles. The predicted octanol–water partition coefficient (Wildman–Crippen LogP) is 3.86. The molecule has 9 heteroatoms. The third-order valence-corrected chi connectivity index (χ3v) is 4.57. The first-order valence-electron chi connectivity index (χ1n) is 9.97. The second-order valence-corrected chi connectivity index (χ2v) is 6.74. The summed E-state index contributed by atoms with van der Waals surface area (Å²) in [6.07, 6.45) is 4.05. The molecule has 0 spiro atoms. The van der Waals surface area contributed by atoms with Gasteiger partial charge in [-0.05, 0) is 31.4 Å². The van der Waals surface area contributed by atoms with Gasteiger partial charge in [-0.3, -0.25) is 4.99 Å². The van der Waals surface area contributed by atoms with Gasteiger partial charge in [-0.25, -0.2) is 0 Å². The van der Waals surface area contributed by atoms with E-state index >= 15 is 0 Å². The average Bonchev–Trinajstić information content (AvgIpc) is 3.14. The lowest BCUT2D eigenvalue weighted by Gasteiger charge is -2.22. The Balaban J connectivity index is 0.00000420. The normalized spacial score (nSPS) is 16.7. The van der Waals surface area contributed by atoms with Gasteiger partial charge in [-0.2, -0.15) is 8.78 Å². The van der Waals surface area contributed by atoms with Crippen LogP contribution >= 0.6 is 24.0 Å². The molecule has 1 aliphatic rings. The fraction of sp³-hybridized carbons (Fsp3) is 0.650. The van der Waals surface area contributed by atoms with E-state index in [1.165, 1.54) is 0 Å². The van der Waals surface area contributed by atoms with E-state index < -0.39 is 6.61 Å². The second-order valence-electron chi connectivity index (χ2n) is 6.74. The summed E-state index contributed by atoms with van der Waals surface area (Å²) >= 11 is 0. The molecule has 1 aromatic carbocycles. The first-order valence-corrected chi connectivity index (χ1v) is 9.97. The lowest BCUT2D eigenvalue weighted by atomic mass is 10.2. The summed E-state index contributed by atoms with van der Waals surface area (Å²) in [4.78, 5) is 6.32. The minimum absolute atomic E-state index is 0. The summed E-state index contributed by atoms with van der Waals surface area (Å²) in [5, 5.41) is 6.70. The van der Waals surface area contributed by atoms with E-state index in [1.807, 2.05) is 12.1 Å². The number of aliphatic imine (C=N–C) groups is 1. The fourth-order valence-electron chi connectivity index (χ4n) is 3.13. The van der Waals surface area contributed by atoms with Gasteiger partial charge in [0.15, 0.2) is 5.96 Å². The van der Waals surface area contributed by atoms with Crippen molar-refractivity contribution in [2.24, 2.45) is 4.99 Å². The van der Waals surface area contributed by atoms with Crippen LogP contribution in [0.25, 0.3) is 0 Å². The predicted molar refractivity (Wildman–Crippen MR) is 124 cm³/mol. The Bertz CT molecular complexity index is 608. The molecule has 0 radical (unpaired) electrons. The molecular weight excluding hydrogens is 493 g/mol. The Morgan fingerprint density at radius 3 is 2.76 bits per heavy atom. The van der Waals surface area contributed by atoms with Crippen molar-refractivity contribution in [3.63, 3.8) is 0 Å². The van der Waals surface area contributed by atoms with Gasteiger partial charge in [0, 0.05) is 45.9 Å². The zero-order chi connectivity index (χ0) is 20.2. The van der Waals surface area contributed by atoms with Crippen molar-refractivity contribution in [2.75, 3.05) is 44.8 Å². The number of nitrogens with zero attached hydrogens (tertiary/aromatic N) is 2. The SMILES string of the molecule is CCCCOCCCNC(=NC)NC1CCN(c2ccccc2OC(F)F)C1.I. The number of ether oxygens (including phenoxy) is 2. The van der Waals surface area contributed by atoms with Gasteiger partial charge < -0.3 is 25.0 Å². The summed E-state index contributed by atoms with van der Waals surface area (Å²) in [6.45, 7) is 3.13. The number of hydrogen-bond donors (Lipinski definition) is 2. The Labute approximate surface area is 189 Å². The van der Waals surface area contributed by atoms with Crippen LogP contribution in [0.3, 0.4) is 0 Å². The molecule has 2 rings (SSSR count). The number of para-hydroxylation sites is 2. The topological polar surface area (TPSA) is 58.1 Å². The third kappa shape index (κ3) is 9.33. The Morgan fingerprint density at radius 2 is 2.03 bits per heavy atom. The number of guanidine groups is 1. The highest BCUT2D eigenvalue weighted by molar-refractivity contribution is 14.0. The van der Waals surface area contributed by atoms with Crippen LogP contribution in [0, 0.1) is 0 Å². The van der Waals surface area contributed by atoms with Crippen molar-refractivity contribution in [2.45, 2.75) is 45.3 Å². The molecule has 0 bridgehead atoms. The van der Waals surface area contributed by atoms with Crippen molar-refractivity contribution in [3.8, 4) is 5.75 Å². The lowest BCUT2D eigenvalue weighted by Crippen LogP contribution is -2.45. The maximum atomic E-state index is 12.6. The zero-order valence-corrected chi connectivity index (χ0v) is 19.5. The molecule has 1 unspecified atom stereocenters. The maximum Gasteiger partial charge on any atom is 0.387 e. The monoisotopic (exact) mass is 526 g/mol. The summed E-state index contributed by atoms with van der Waals surface area (Å²) < 4.78 is 35.5. The van der Waals surface area contributed by atoms with Crippen molar-refractivity contribution in [1.82, 2.24) is 10.6 Å². The molecule has 1 aromatic rings. The number of nitrogens with one attached hydrogen (secondary N) is 2. The smallest absolute Gasteiger partial charge is 0.387 e. The highest BCUT2D eigenvalue weighted by Gasteiger charge is 2.25. The Hall–Kier alpha value is -1.36. The minimum atomic E-state index is -2.83. The van der Waals surface area contributed by atoms with Crippen LogP contribution in [0.1, 0.15) is 32.6 Å². The van der Waals surface area contributed by atoms with Gasteiger partial charge in [0.25, 0.3) is 0 Å². The standard InChI is InChI=1S/C20H32F2N4O2.HI/c1-3-4-13-27-14-7-11-24-20(23-2)25-16-10-12-26(15-16)17-8-5-6-9-18(17)28-19(21)22;/h5-6,8-9,16,19H,3-4,7,10-15H2,1-2H3,(H2,23,24,25);1H. The van der Waals surface area contributed by atoms with Crippen molar-refractivity contribution in [1.29, 1.82) is 0 Å². The van der Waals surface area contributed by atoms with Crippen molar-refractivity contribution >= 4 is 35.6 Å². The summed E-state index contributed by atoms with van der Waals surface area (Å²) in [7, 11) is 1.74. The average molecular weight is 526 g/mol. The van der Waals surface area contributed by atoms with Crippen LogP contribution in [-0.2, 0) is 4.74 Å². The van der Waals surface area contributed by atoms with Crippen LogP contribution in [-0.4, -0.2) is 58.5 Å². The number of halogens is 3. The van der Waals surface area contributed by atoms with Gasteiger partial charge in [-0.15, -0.1) is 24.0 Å². The summed E-state index contributed by atoms with van der Waals surface area (Å²) in [5.74, 6) is 0.959. The van der Waals surface area contributed by atoms with E-state index in [-0.39, 0.29) is 35.8 Å². The van der Waals surface area contributed by atoms with Crippen molar-refractivity contribution < 1.29 is 18.3 Å². The number of alkyl halides is 2. The number of anilines is 1. The van der Waals surface area contributed by atoms with E-state index in [1.54, 1.807) is 19.2 Å². The first kappa shape index (κ1) is 25.7. The van der Waals surface area contributed by atoms with E-state index in [0.29, 0.717) is 12.2 Å². The summed E-state index contributed by atoms with van der Waals surface area (Å²) in [5.41, 5.74) is 0.694. The van der Waals surface area contributed by atoms with E-state index in [2.05, 4.69) is 32.2 Å². The van der Waals surface area contributed by atoms with Crippen LogP contribution < -0.4 is 20.3 Å². The number of benzene rings is 1. The van der Waals surface area contributed by atoms with E-state index in [9.17, 15) is 8.78 Å².